The SMILES string of the molecule is CCOc1ccc(C(=O)NC(CC)CCN)cc1OCC. The molecule has 1 atom stereocenters. The highest BCUT2D eigenvalue weighted by Gasteiger charge is 2.14. The van der Waals surface area contributed by atoms with E-state index in [1.165, 1.54) is 0 Å². The van der Waals surface area contributed by atoms with E-state index >= 15 is 0 Å². The molecule has 5 heteroatoms. The molecule has 1 amide bonds. The van der Waals surface area contributed by atoms with Crippen molar-refractivity contribution in [3.63, 3.8) is 0 Å². The van der Waals surface area contributed by atoms with Crippen LogP contribution in [0, 0.1) is 0 Å². The molecule has 0 saturated carbocycles. The predicted octanol–water partition coefficient (Wildman–Crippen LogP) is 2.34. The third-order valence-corrected chi connectivity index (χ3v) is 3.15. The van der Waals surface area contributed by atoms with Crippen LogP contribution in [-0.2, 0) is 0 Å². The van der Waals surface area contributed by atoms with E-state index < -0.39 is 0 Å². The highest BCUT2D eigenvalue weighted by molar-refractivity contribution is 5.95. The molecule has 0 aliphatic carbocycles. The number of carbonyl (C=O) groups excluding carboxylic acids is 1. The molecule has 0 saturated heterocycles. The smallest absolute Gasteiger partial charge is 0.251 e. The van der Waals surface area contributed by atoms with E-state index in [-0.39, 0.29) is 11.9 Å². The Labute approximate surface area is 126 Å². The van der Waals surface area contributed by atoms with Crippen molar-refractivity contribution in [3.05, 3.63) is 23.8 Å². The molecule has 0 bridgehead atoms. The van der Waals surface area contributed by atoms with E-state index in [4.69, 9.17) is 15.2 Å². The lowest BCUT2D eigenvalue weighted by Gasteiger charge is -2.17. The second kappa shape index (κ2) is 9.23. The van der Waals surface area contributed by atoms with Crippen LogP contribution in [0.5, 0.6) is 11.5 Å². The van der Waals surface area contributed by atoms with Crippen LogP contribution in [0.2, 0.25) is 0 Å². The molecule has 1 unspecified atom stereocenters. The van der Waals surface area contributed by atoms with E-state index in [0.29, 0.717) is 36.8 Å². The Morgan fingerprint density at radius 3 is 2.43 bits per heavy atom. The lowest BCUT2D eigenvalue weighted by molar-refractivity contribution is 0.0934. The monoisotopic (exact) mass is 294 g/mol. The normalized spacial score (nSPS) is 11.8. The largest absolute Gasteiger partial charge is 0.490 e. The first-order valence-electron chi connectivity index (χ1n) is 7.56. The first-order valence-corrected chi connectivity index (χ1v) is 7.56. The fourth-order valence-electron chi connectivity index (χ4n) is 2.04. The number of nitrogens with one attached hydrogen (secondary N) is 1. The standard InChI is InChI=1S/C16H26N2O3/c1-4-13(9-10-17)18-16(19)12-7-8-14(20-5-2)15(11-12)21-6-3/h7-8,11,13H,4-6,9-10,17H2,1-3H3,(H,18,19). The van der Waals surface area contributed by atoms with Crippen molar-refractivity contribution in [1.29, 1.82) is 0 Å². The fourth-order valence-corrected chi connectivity index (χ4v) is 2.04. The zero-order valence-corrected chi connectivity index (χ0v) is 13.1. The van der Waals surface area contributed by atoms with Crippen molar-refractivity contribution in [1.82, 2.24) is 5.32 Å². The van der Waals surface area contributed by atoms with Crippen LogP contribution in [0.3, 0.4) is 0 Å². The molecule has 118 valence electrons. The van der Waals surface area contributed by atoms with Crippen molar-refractivity contribution in [2.45, 2.75) is 39.7 Å². The van der Waals surface area contributed by atoms with E-state index in [2.05, 4.69) is 5.32 Å². The van der Waals surface area contributed by atoms with Gasteiger partial charge in [0.25, 0.3) is 5.91 Å². The summed E-state index contributed by atoms with van der Waals surface area (Å²) < 4.78 is 11.0. The van der Waals surface area contributed by atoms with Gasteiger partial charge in [0.15, 0.2) is 11.5 Å². The Bertz CT molecular complexity index is 449. The molecule has 0 spiro atoms. The Hall–Kier alpha value is -1.75. The van der Waals surface area contributed by atoms with Gasteiger partial charge in [-0.2, -0.15) is 0 Å². The number of ether oxygens (including phenoxy) is 2. The Morgan fingerprint density at radius 1 is 1.19 bits per heavy atom. The zero-order chi connectivity index (χ0) is 15.7. The number of carbonyl (C=O) groups is 1. The summed E-state index contributed by atoms with van der Waals surface area (Å²) in [6.45, 7) is 7.48. The summed E-state index contributed by atoms with van der Waals surface area (Å²) in [4.78, 5) is 12.3. The molecular weight excluding hydrogens is 268 g/mol. The Morgan fingerprint density at radius 2 is 1.86 bits per heavy atom. The number of hydrogen-bond donors (Lipinski definition) is 2. The van der Waals surface area contributed by atoms with Gasteiger partial charge in [0.1, 0.15) is 0 Å². The summed E-state index contributed by atoms with van der Waals surface area (Å²) in [7, 11) is 0. The summed E-state index contributed by atoms with van der Waals surface area (Å²) in [5.41, 5.74) is 6.12. The number of benzene rings is 1. The molecule has 0 radical (unpaired) electrons. The van der Waals surface area contributed by atoms with Gasteiger partial charge < -0.3 is 20.5 Å². The summed E-state index contributed by atoms with van der Waals surface area (Å²) in [6.07, 6.45) is 1.63. The van der Waals surface area contributed by atoms with Crippen LogP contribution in [0.4, 0.5) is 0 Å². The third kappa shape index (κ3) is 5.27. The summed E-state index contributed by atoms with van der Waals surface area (Å²) in [5, 5.41) is 2.99. The van der Waals surface area contributed by atoms with Gasteiger partial charge in [-0.1, -0.05) is 6.92 Å². The first kappa shape index (κ1) is 17.3. The van der Waals surface area contributed by atoms with Gasteiger partial charge in [0.2, 0.25) is 0 Å². The zero-order valence-electron chi connectivity index (χ0n) is 13.1. The molecule has 1 aromatic carbocycles. The van der Waals surface area contributed by atoms with Crippen LogP contribution in [0.25, 0.3) is 0 Å². The molecule has 0 aliphatic rings. The van der Waals surface area contributed by atoms with Crippen LogP contribution < -0.4 is 20.5 Å². The van der Waals surface area contributed by atoms with Crippen LogP contribution in [-0.4, -0.2) is 31.7 Å². The highest BCUT2D eigenvalue weighted by Crippen LogP contribution is 2.28. The van der Waals surface area contributed by atoms with Crippen molar-refractivity contribution >= 4 is 5.91 Å². The number of nitrogens with two attached hydrogens (primary N) is 1. The minimum absolute atomic E-state index is 0.101. The number of amides is 1. The summed E-state index contributed by atoms with van der Waals surface area (Å²) >= 11 is 0. The molecule has 0 aliphatic heterocycles. The molecule has 1 rings (SSSR count). The molecule has 0 fully saturated rings. The third-order valence-electron chi connectivity index (χ3n) is 3.15. The van der Waals surface area contributed by atoms with E-state index in [1.54, 1.807) is 18.2 Å². The lowest BCUT2D eigenvalue weighted by atomic mass is 10.1. The van der Waals surface area contributed by atoms with Crippen molar-refractivity contribution < 1.29 is 14.3 Å². The molecule has 5 nitrogen and oxygen atoms in total. The van der Waals surface area contributed by atoms with E-state index in [0.717, 1.165) is 12.8 Å². The molecule has 21 heavy (non-hydrogen) atoms. The predicted molar refractivity (Wildman–Crippen MR) is 84.0 cm³/mol. The van der Waals surface area contributed by atoms with Gasteiger partial charge in [-0.05, 0) is 51.4 Å². The van der Waals surface area contributed by atoms with Crippen LogP contribution in [0.15, 0.2) is 18.2 Å². The second-order valence-corrected chi connectivity index (χ2v) is 4.68. The van der Waals surface area contributed by atoms with Crippen LogP contribution >= 0.6 is 0 Å². The van der Waals surface area contributed by atoms with E-state index in [1.807, 2.05) is 20.8 Å². The van der Waals surface area contributed by atoms with Gasteiger partial charge >= 0.3 is 0 Å². The van der Waals surface area contributed by atoms with Gasteiger partial charge in [0, 0.05) is 11.6 Å². The average molecular weight is 294 g/mol. The Balaban J connectivity index is 2.86. The first-order chi connectivity index (χ1) is 10.2. The number of hydrogen-bond acceptors (Lipinski definition) is 4. The van der Waals surface area contributed by atoms with Crippen molar-refractivity contribution in [3.8, 4) is 11.5 Å². The van der Waals surface area contributed by atoms with Gasteiger partial charge in [-0.15, -0.1) is 0 Å². The van der Waals surface area contributed by atoms with Crippen molar-refractivity contribution in [2.75, 3.05) is 19.8 Å². The second-order valence-electron chi connectivity index (χ2n) is 4.68. The van der Waals surface area contributed by atoms with Gasteiger partial charge in [-0.25, -0.2) is 0 Å². The summed E-state index contributed by atoms with van der Waals surface area (Å²) in [5.74, 6) is 1.14. The molecule has 0 heterocycles. The maximum atomic E-state index is 12.3. The van der Waals surface area contributed by atoms with E-state index in [9.17, 15) is 4.79 Å². The lowest BCUT2D eigenvalue weighted by Crippen LogP contribution is -2.35. The fraction of sp³-hybridized carbons (Fsp3) is 0.562. The Kier molecular flexibility index (Phi) is 7.61. The maximum Gasteiger partial charge on any atom is 0.251 e. The highest BCUT2D eigenvalue weighted by atomic mass is 16.5. The minimum atomic E-state index is -0.112. The number of rotatable bonds is 9. The average Bonchev–Trinajstić information content (AvgIpc) is 2.48. The van der Waals surface area contributed by atoms with Gasteiger partial charge in [-0.3, -0.25) is 4.79 Å². The molecule has 0 aromatic heterocycles. The minimum Gasteiger partial charge on any atom is -0.490 e. The summed E-state index contributed by atoms with van der Waals surface area (Å²) in [6, 6.07) is 5.34. The quantitative estimate of drug-likeness (QED) is 0.733. The van der Waals surface area contributed by atoms with Gasteiger partial charge in [0.05, 0.1) is 13.2 Å². The molecular formula is C16H26N2O3. The van der Waals surface area contributed by atoms with Crippen LogP contribution in [0.1, 0.15) is 44.0 Å². The van der Waals surface area contributed by atoms with Crippen molar-refractivity contribution in [2.24, 2.45) is 5.73 Å². The maximum absolute atomic E-state index is 12.3. The topological polar surface area (TPSA) is 73.6 Å². The molecule has 3 N–H and O–H groups in total. The molecule has 1 aromatic rings.